The maximum Gasteiger partial charge on any atom is 0.228 e. The Labute approximate surface area is 187 Å². The molecule has 2 aromatic carbocycles. The third-order valence-corrected chi connectivity index (χ3v) is 6.82. The van der Waals surface area contributed by atoms with Gasteiger partial charge in [0.2, 0.25) is 5.91 Å². The molecule has 0 bridgehead atoms. The Kier molecular flexibility index (Phi) is 8.54. The minimum absolute atomic E-state index is 0.156. The Hall–Kier alpha value is -2.09. The van der Waals surface area contributed by atoms with Crippen LogP contribution in [0.15, 0.2) is 53.4 Å². The van der Waals surface area contributed by atoms with E-state index in [0.717, 1.165) is 46.2 Å². The number of carbonyl (C=O) groups excluding carboxylic acids is 1. The zero-order valence-corrected chi connectivity index (χ0v) is 19.5. The van der Waals surface area contributed by atoms with Crippen LogP contribution >= 0.6 is 23.1 Å². The number of hydrogen-bond acceptors (Lipinski definition) is 6. The Morgan fingerprint density at radius 1 is 1.07 bits per heavy atom. The monoisotopic (exact) mass is 443 g/mol. The number of carbonyl (C=O) groups is 1. The fourth-order valence-electron chi connectivity index (χ4n) is 3.07. The maximum atomic E-state index is 13.0. The molecule has 30 heavy (non-hydrogen) atoms. The van der Waals surface area contributed by atoms with Crippen LogP contribution in [0.3, 0.4) is 0 Å². The van der Waals surface area contributed by atoms with E-state index in [9.17, 15) is 4.79 Å². The van der Waals surface area contributed by atoms with Gasteiger partial charge in [-0.2, -0.15) is 0 Å². The molecule has 0 aliphatic heterocycles. The van der Waals surface area contributed by atoms with Crippen LogP contribution in [0.1, 0.15) is 19.3 Å². The van der Waals surface area contributed by atoms with E-state index in [4.69, 9.17) is 9.72 Å². The number of amides is 1. The van der Waals surface area contributed by atoms with Crippen molar-refractivity contribution in [3.05, 3.63) is 48.5 Å². The van der Waals surface area contributed by atoms with Crippen molar-refractivity contribution in [2.75, 3.05) is 44.9 Å². The van der Waals surface area contributed by atoms with E-state index in [1.807, 2.05) is 35.2 Å². The number of anilines is 1. The summed E-state index contributed by atoms with van der Waals surface area (Å²) in [5.41, 5.74) is 0.956. The highest BCUT2D eigenvalue weighted by molar-refractivity contribution is 7.99. The third-order valence-electron chi connectivity index (χ3n) is 4.66. The van der Waals surface area contributed by atoms with Crippen LogP contribution in [-0.2, 0) is 4.79 Å². The summed E-state index contributed by atoms with van der Waals surface area (Å²) in [5.74, 6) is 1.92. The summed E-state index contributed by atoms with van der Waals surface area (Å²) < 4.78 is 6.31. The van der Waals surface area contributed by atoms with Gasteiger partial charge in [-0.25, -0.2) is 4.98 Å². The Bertz CT molecular complexity index is 908. The van der Waals surface area contributed by atoms with Crippen molar-refractivity contribution in [1.82, 2.24) is 9.88 Å². The van der Waals surface area contributed by atoms with E-state index in [2.05, 4.69) is 37.2 Å². The molecule has 1 aromatic heterocycles. The van der Waals surface area contributed by atoms with Gasteiger partial charge in [0.1, 0.15) is 5.75 Å². The van der Waals surface area contributed by atoms with Gasteiger partial charge in [0, 0.05) is 17.9 Å². The molecule has 0 atom stereocenters. The van der Waals surface area contributed by atoms with Crippen LogP contribution in [0, 0.1) is 0 Å². The first kappa shape index (κ1) is 22.6. The lowest BCUT2D eigenvalue weighted by Gasteiger charge is -2.21. The molecule has 0 aliphatic carbocycles. The lowest BCUT2D eigenvalue weighted by Crippen LogP contribution is -2.33. The van der Waals surface area contributed by atoms with E-state index in [0.29, 0.717) is 13.0 Å². The second kappa shape index (κ2) is 11.3. The lowest BCUT2D eigenvalue weighted by molar-refractivity contribution is -0.118. The average Bonchev–Trinajstić information content (AvgIpc) is 3.18. The van der Waals surface area contributed by atoms with E-state index in [1.165, 1.54) is 4.90 Å². The number of fused-ring (bicyclic) bond motifs is 1. The molecule has 7 heteroatoms. The van der Waals surface area contributed by atoms with E-state index in [-0.39, 0.29) is 5.91 Å². The first-order chi connectivity index (χ1) is 14.6. The molecule has 0 saturated carbocycles. The van der Waals surface area contributed by atoms with Gasteiger partial charge in [0.25, 0.3) is 0 Å². The Morgan fingerprint density at radius 2 is 1.83 bits per heavy atom. The average molecular weight is 444 g/mol. The number of benzene rings is 2. The minimum atomic E-state index is 0.156. The number of thioether (sulfide) groups is 1. The molecule has 0 N–H and O–H groups in total. The maximum absolute atomic E-state index is 13.0. The van der Waals surface area contributed by atoms with Crippen molar-refractivity contribution in [2.24, 2.45) is 0 Å². The second-order valence-corrected chi connectivity index (χ2v) is 9.47. The summed E-state index contributed by atoms with van der Waals surface area (Å²) in [6.07, 6.45) is 2.29. The fraction of sp³-hybridized carbons (Fsp3) is 0.391. The van der Waals surface area contributed by atoms with Crippen molar-refractivity contribution in [2.45, 2.75) is 24.2 Å². The fourth-order valence-corrected chi connectivity index (χ4v) is 4.93. The second-order valence-electron chi connectivity index (χ2n) is 7.29. The summed E-state index contributed by atoms with van der Waals surface area (Å²) >= 11 is 3.36. The summed E-state index contributed by atoms with van der Waals surface area (Å²) in [7, 11) is 5.78. The largest absolute Gasteiger partial charge is 0.497 e. The molecule has 160 valence electrons. The quantitative estimate of drug-likeness (QED) is 0.302. The van der Waals surface area contributed by atoms with Crippen LogP contribution in [0.5, 0.6) is 5.75 Å². The van der Waals surface area contributed by atoms with Gasteiger partial charge in [0.05, 0.1) is 17.3 Å². The first-order valence-corrected chi connectivity index (χ1v) is 11.9. The van der Waals surface area contributed by atoms with Gasteiger partial charge in [-0.1, -0.05) is 23.5 Å². The van der Waals surface area contributed by atoms with Gasteiger partial charge in [-0.15, -0.1) is 11.8 Å². The van der Waals surface area contributed by atoms with Crippen molar-refractivity contribution in [1.29, 1.82) is 0 Å². The number of ether oxygens (including phenoxy) is 1. The Balaban J connectivity index is 1.58. The molecular formula is C23H29N3O2S2. The topological polar surface area (TPSA) is 45.7 Å². The standard InChI is InChI=1S/C23H29N3O2S2/c1-25(2)15-7-16-26(23-24-20-8-4-5-9-21(20)30-23)22(27)10-6-17-29-19-13-11-18(28-3)12-14-19/h4-5,8-9,11-14H,6-7,10,15-17H2,1-3H3. The molecular weight excluding hydrogens is 414 g/mol. The lowest BCUT2D eigenvalue weighted by atomic mass is 10.3. The predicted molar refractivity (Wildman–Crippen MR) is 128 cm³/mol. The van der Waals surface area contributed by atoms with Crippen molar-refractivity contribution >= 4 is 44.4 Å². The van der Waals surface area contributed by atoms with Gasteiger partial charge in [-0.05, 0) is 75.6 Å². The minimum Gasteiger partial charge on any atom is -0.497 e. The third kappa shape index (κ3) is 6.45. The van der Waals surface area contributed by atoms with Gasteiger partial charge < -0.3 is 9.64 Å². The number of thiazole rings is 1. The Morgan fingerprint density at radius 3 is 2.53 bits per heavy atom. The molecule has 3 aromatic rings. The summed E-state index contributed by atoms with van der Waals surface area (Å²) in [5, 5.41) is 0.808. The van der Waals surface area contributed by atoms with Crippen LogP contribution in [0.25, 0.3) is 10.2 Å². The molecule has 0 saturated heterocycles. The van der Waals surface area contributed by atoms with Gasteiger partial charge in [-0.3, -0.25) is 9.69 Å². The van der Waals surface area contributed by atoms with Gasteiger partial charge in [0.15, 0.2) is 5.13 Å². The molecule has 3 rings (SSSR count). The van der Waals surface area contributed by atoms with E-state index in [1.54, 1.807) is 30.2 Å². The highest BCUT2D eigenvalue weighted by atomic mass is 32.2. The molecule has 0 fully saturated rings. The van der Waals surface area contributed by atoms with Crippen LogP contribution < -0.4 is 9.64 Å². The van der Waals surface area contributed by atoms with Crippen molar-refractivity contribution in [3.8, 4) is 5.75 Å². The molecule has 0 radical (unpaired) electrons. The number of nitrogens with zero attached hydrogens (tertiary/aromatic N) is 3. The highest BCUT2D eigenvalue weighted by Crippen LogP contribution is 2.29. The van der Waals surface area contributed by atoms with Crippen molar-refractivity contribution in [3.63, 3.8) is 0 Å². The van der Waals surface area contributed by atoms with E-state index < -0.39 is 0 Å². The molecule has 0 spiro atoms. The predicted octanol–water partition coefficient (Wildman–Crippen LogP) is 5.16. The molecule has 5 nitrogen and oxygen atoms in total. The van der Waals surface area contributed by atoms with E-state index >= 15 is 0 Å². The number of methoxy groups -OCH3 is 1. The summed E-state index contributed by atoms with van der Waals surface area (Å²) in [4.78, 5) is 23.0. The SMILES string of the molecule is COc1ccc(SCCCC(=O)N(CCCN(C)C)c2nc3ccccc3s2)cc1. The number of para-hydroxylation sites is 1. The zero-order valence-electron chi connectivity index (χ0n) is 17.8. The molecule has 1 heterocycles. The number of aromatic nitrogens is 1. The summed E-state index contributed by atoms with van der Waals surface area (Å²) in [6, 6.07) is 16.1. The van der Waals surface area contributed by atoms with Gasteiger partial charge >= 0.3 is 0 Å². The first-order valence-electron chi connectivity index (χ1n) is 10.1. The smallest absolute Gasteiger partial charge is 0.228 e. The highest BCUT2D eigenvalue weighted by Gasteiger charge is 2.19. The number of hydrogen-bond donors (Lipinski definition) is 0. The van der Waals surface area contributed by atoms with Crippen LogP contribution in [0.2, 0.25) is 0 Å². The molecule has 1 amide bonds. The normalized spacial score (nSPS) is 11.2. The van der Waals surface area contributed by atoms with Crippen molar-refractivity contribution < 1.29 is 9.53 Å². The summed E-state index contributed by atoms with van der Waals surface area (Å²) in [6.45, 7) is 1.64. The molecule has 0 unspecified atom stereocenters. The van der Waals surface area contributed by atoms with Crippen LogP contribution in [0.4, 0.5) is 5.13 Å². The van der Waals surface area contributed by atoms with Crippen LogP contribution in [-0.4, -0.2) is 55.8 Å². The molecule has 0 aliphatic rings. The zero-order chi connectivity index (χ0) is 21.3. The number of rotatable bonds is 11.